The number of hydrogen-bond acceptors (Lipinski definition) is 0. The molecule has 0 aliphatic heterocycles. The second-order valence-corrected chi connectivity index (χ2v) is 5.75. The average molecular weight is 274 g/mol. The normalized spacial score (nSPS) is 10.7. The van der Waals surface area contributed by atoms with Crippen LogP contribution in [0.15, 0.2) is 36.4 Å². The van der Waals surface area contributed by atoms with Crippen LogP contribution in [0.3, 0.4) is 0 Å². The Balaban J connectivity index is 2.55. The Bertz CT molecular complexity index is 537. The van der Waals surface area contributed by atoms with Crippen molar-refractivity contribution in [1.82, 2.24) is 0 Å². The van der Waals surface area contributed by atoms with Crippen LogP contribution in [0, 0.1) is 6.92 Å². The smallest absolute Gasteiger partial charge is 0.0128 e. The van der Waals surface area contributed by atoms with Crippen LogP contribution in [-0.4, -0.2) is 0 Å². The summed E-state index contributed by atoms with van der Waals surface area (Å²) in [6.45, 7) is 4.40. The van der Waals surface area contributed by atoms with E-state index in [0.29, 0.717) is 0 Å². The zero-order chi connectivity index (χ0) is 13.1. The van der Waals surface area contributed by atoms with Crippen molar-refractivity contribution in [3.05, 3.63) is 53.1 Å². The van der Waals surface area contributed by atoms with Crippen molar-refractivity contribution in [3.8, 4) is 11.1 Å². The van der Waals surface area contributed by atoms with Gasteiger partial charge >= 0.3 is 0 Å². The Morgan fingerprint density at radius 1 is 1.00 bits per heavy atom. The summed E-state index contributed by atoms with van der Waals surface area (Å²) >= 11 is 0. The van der Waals surface area contributed by atoms with Gasteiger partial charge in [0.1, 0.15) is 0 Å². The van der Waals surface area contributed by atoms with Crippen LogP contribution < -0.4 is 5.30 Å². The van der Waals surface area contributed by atoms with Crippen LogP contribution in [-0.2, 0) is 12.6 Å². The Morgan fingerprint density at radius 2 is 1.72 bits per heavy atom. The third kappa shape index (κ3) is 3.00. The van der Waals surface area contributed by atoms with Crippen LogP contribution in [0.1, 0.15) is 23.6 Å². The first-order valence-electron chi connectivity index (χ1n) is 6.33. The molecule has 94 valence electrons. The van der Waals surface area contributed by atoms with E-state index in [9.17, 15) is 0 Å². The highest BCUT2D eigenvalue weighted by molar-refractivity contribution is 7.27. The molecule has 0 radical (unpaired) electrons. The first kappa shape index (κ1) is 13.7. The Kier molecular flexibility index (Phi) is 4.55. The number of benzene rings is 2. The summed E-state index contributed by atoms with van der Waals surface area (Å²) in [7, 11) is 5.57. The molecule has 0 heterocycles. The van der Waals surface area contributed by atoms with Gasteiger partial charge in [0.2, 0.25) is 0 Å². The van der Waals surface area contributed by atoms with Gasteiger partial charge in [0.05, 0.1) is 0 Å². The Labute approximate surface area is 115 Å². The molecule has 2 unspecified atom stereocenters. The van der Waals surface area contributed by atoms with Crippen molar-refractivity contribution >= 4 is 23.8 Å². The van der Waals surface area contributed by atoms with Crippen molar-refractivity contribution in [2.75, 3.05) is 0 Å². The maximum atomic E-state index is 2.81. The lowest BCUT2D eigenvalue weighted by Gasteiger charge is -2.11. The van der Waals surface area contributed by atoms with Crippen molar-refractivity contribution in [3.63, 3.8) is 0 Å². The topological polar surface area (TPSA) is 0 Å². The lowest BCUT2D eigenvalue weighted by molar-refractivity contribution is 1.13. The Hall–Kier alpha value is -0.700. The summed E-state index contributed by atoms with van der Waals surface area (Å²) in [6, 6.07) is 13.5. The van der Waals surface area contributed by atoms with Gasteiger partial charge in [-0.2, -0.15) is 0 Å². The van der Waals surface area contributed by atoms with E-state index < -0.39 is 0 Å². The molecular formula is C16H20P2. The summed E-state index contributed by atoms with van der Waals surface area (Å²) in [4.78, 5) is 0. The lowest BCUT2D eigenvalue weighted by atomic mass is 9.96. The van der Waals surface area contributed by atoms with E-state index in [0.717, 1.165) is 12.6 Å². The van der Waals surface area contributed by atoms with Crippen LogP contribution in [0.5, 0.6) is 0 Å². The van der Waals surface area contributed by atoms with E-state index in [4.69, 9.17) is 0 Å². The van der Waals surface area contributed by atoms with E-state index >= 15 is 0 Å². The highest BCUT2D eigenvalue weighted by Gasteiger charge is 2.05. The molecule has 0 bridgehead atoms. The van der Waals surface area contributed by atoms with Crippen LogP contribution >= 0.6 is 18.5 Å². The predicted molar refractivity (Wildman–Crippen MR) is 88.8 cm³/mol. The maximum absolute atomic E-state index is 2.81. The average Bonchev–Trinajstić information content (AvgIpc) is 2.38. The molecule has 2 atom stereocenters. The molecule has 2 aromatic carbocycles. The monoisotopic (exact) mass is 274 g/mol. The molecule has 18 heavy (non-hydrogen) atoms. The number of hydrogen-bond donors (Lipinski definition) is 0. The minimum Gasteiger partial charge on any atom is -0.133 e. The van der Waals surface area contributed by atoms with Crippen molar-refractivity contribution in [2.45, 2.75) is 26.4 Å². The van der Waals surface area contributed by atoms with Crippen molar-refractivity contribution in [1.29, 1.82) is 0 Å². The molecule has 0 nitrogen and oxygen atoms in total. The predicted octanol–water partition coefficient (Wildman–Crippen LogP) is 4.10. The van der Waals surface area contributed by atoms with Crippen LogP contribution in [0.2, 0.25) is 0 Å². The molecule has 0 amide bonds. The van der Waals surface area contributed by atoms with E-state index in [1.807, 2.05) is 0 Å². The van der Waals surface area contributed by atoms with Crippen molar-refractivity contribution in [2.24, 2.45) is 0 Å². The third-order valence-corrected chi connectivity index (χ3v) is 4.09. The fraction of sp³-hybridized carbons (Fsp3) is 0.250. The van der Waals surface area contributed by atoms with Crippen LogP contribution in [0.4, 0.5) is 0 Å². The molecule has 2 heteroatoms. The van der Waals surface area contributed by atoms with Gasteiger partial charge in [-0.1, -0.05) is 43.3 Å². The van der Waals surface area contributed by atoms with Gasteiger partial charge in [-0.3, -0.25) is 0 Å². The molecule has 0 aliphatic carbocycles. The van der Waals surface area contributed by atoms with Crippen molar-refractivity contribution < 1.29 is 0 Å². The summed E-state index contributed by atoms with van der Waals surface area (Å²) in [5.41, 5.74) is 6.83. The minimum atomic E-state index is 1.02. The molecule has 0 aromatic heterocycles. The molecule has 0 spiro atoms. The van der Waals surface area contributed by atoms with Crippen LogP contribution in [0.25, 0.3) is 11.1 Å². The summed E-state index contributed by atoms with van der Waals surface area (Å²) in [5.74, 6) is 0. The summed E-state index contributed by atoms with van der Waals surface area (Å²) in [5, 5.41) is 1.24. The second kappa shape index (κ2) is 5.96. The maximum Gasteiger partial charge on any atom is -0.0128 e. The quantitative estimate of drug-likeness (QED) is 0.739. The molecule has 0 saturated heterocycles. The SMILES string of the molecule is CCc1cc(CP)cc(-c2ccc(P)cc2C)c1. The molecular weight excluding hydrogens is 254 g/mol. The Morgan fingerprint density at radius 3 is 2.33 bits per heavy atom. The zero-order valence-corrected chi connectivity index (χ0v) is 13.3. The molecule has 0 N–H and O–H groups in total. The summed E-state index contributed by atoms with van der Waals surface area (Å²) < 4.78 is 0. The van der Waals surface area contributed by atoms with Gasteiger partial charge in [-0.15, -0.1) is 18.5 Å². The van der Waals surface area contributed by atoms with E-state index in [-0.39, 0.29) is 0 Å². The molecule has 0 saturated carbocycles. The molecule has 2 aromatic rings. The first-order valence-corrected chi connectivity index (χ1v) is 7.73. The summed E-state index contributed by atoms with van der Waals surface area (Å²) in [6.07, 6.45) is 2.11. The third-order valence-electron chi connectivity index (χ3n) is 3.26. The van der Waals surface area contributed by atoms with Gasteiger partial charge < -0.3 is 0 Å². The fourth-order valence-corrected chi connectivity index (χ4v) is 2.83. The highest BCUT2D eigenvalue weighted by Crippen LogP contribution is 2.26. The minimum absolute atomic E-state index is 1.02. The lowest BCUT2D eigenvalue weighted by Crippen LogP contribution is -1.94. The van der Waals surface area contributed by atoms with E-state index in [2.05, 4.69) is 68.7 Å². The number of aryl methyl sites for hydroxylation is 2. The van der Waals surface area contributed by atoms with Gasteiger partial charge in [0.25, 0.3) is 0 Å². The second-order valence-electron chi connectivity index (χ2n) is 4.67. The van der Waals surface area contributed by atoms with Gasteiger partial charge in [-0.25, -0.2) is 0 Å². The standard InChI is InChI=1S/C16H20P2/c1-3-12-7-13(10-17)9-14(8-12)16-5-4-15(18)6-11(16)2/h4-9H,3,10,17-18H2,1-2H3. The molecule has 2 rings (SSSR count). The first-order chi connectivity index (χ1) is 8.63. The molecule has 0 aliphatic rings. The largest absolute Gasteiger partial charge is 0.133 e. The highest BCUT2D eigenvalue weighted by atomic mass is 31.0. The van der Waals surface area contributed by atoms with Gasteiger partial charge in [0, 0.05) is 0 Å². The zero-order valence-electron chi connectivity index (χ0n) is 11.0. The molecule has 0 fully saturated rings. The van der Waals surface area contributed by atoms with Gasteiger partial charge in [-0.05, 0) is 52.6 Å². The fourth-order valence-electron chi connectivity index (χ4n) is 2.25. The van der Waals surface area contributed by atoms with Gasteiger partial charge in [0.15, 0.2) is 0 Å². The van der Waals surface area contributed by atoms with E-state index in [1.54, 1.807) is 0 Å². The number of rotatable bonds is 3. The van der Waals surface area contributed by atoms with E-state index in [1.165, 1.54) is 33.1 Å².